The van der Waals surface area contributed by atoms with Crippen LogP contribution in [0, 0.1) is 5.92 Å². The van der Waals surface area contributed by atoms with E-state index < -0.39 is 6.04 Å². The first-order chi connectivity index (χ1) is 20.4. The Morgan fingerprint density at radius 3 is 2.69 bits per heavy atom. The second kappa shape index (κ2) is 9.61. The third kappa shape index (κ3) is 4.31. The van der Waals surface area contributed by atoms with Crippen molar-refractivity contribution < 1.29 is 14.4 Å². The number of fused-ring (bicyclic) bond motifs is 2. The molecule has 5 heterocycles. The number of benzene rings is 1. The second-order valence-corrected chi connectivity index (χ2v) is 12.5. The zero-order valence-corrected chi connectivity index (χ0v) is 23.6. The summed E-state index contributed by atoms with van der Waals surface area (Å²) in [7, 11) is 1.96. The molecule has 0 bridgehead atoms. The van der Waals surface area contributed by atoms with Crippen molar-refractivity contribution in [1.82, 2.24) is 34.8 Å². The number of nitrogens with zero attached hydrogens (tertiary/aromatic N) is 6. The van der Waals surface area contributed by atoms with Gasteiger partial charge in [0.15, 0.2) is 0 Å². The van der Waals surface area contributed by atoms with E-state index in [2.05, 4.69) is 39.5 Å². The maximum atomic E-state index is 13.0. The van der Waals surface area contributed by atoms with E-state index in [4.69, 9.17) is 10.1 Å². The third-order valence-electron chi connectivity index (χ3n) is 9.65. The van der Waals surface area contributed by atoms with E-state index in [0.29, 0.717) is 36.4 Å². The summed E-state index contributed by atoms with van der Waals surface area (Å²) in [5.74, 6) is 0.431. The van der Waals surface area contributed by atoms with E-state index >= 15 is 0 Å². The Morgan fingerprint density at radius 2 is 1.88 bits per heavy atom. The number of carbonyl (C=O) groups excluding carboxylic acids is 3. The molecule has 1 saturated heterocycles. The standard InChI is InChI=1S/C32H33N7O3/c1-37-28-13-26(33-14-22(28)15-34-37)25-17-39(36-30(25)20-5-6-20)23-11-19(12-23)3-2-18-4-7-24-21(10-18)16-38(32(24)42)27-8-9-29(40)35-31(27)41/h4,7,10,13-15,17,19-20,23,27H,2-3,5-6,8-9,11-12,16H2,1H3,(H,35,40,41). The van der Waals surface area contributed by atoms with Gasteiger partial charge in [0.05, 0.1) is 29.1 Å². The Morgan fingerprint density at radius 1 is 1.02 bits per heavy atom. The van der Waals surface area contributed by atoms with Crippen molar-refractivity contribution in [3.05, 3.63) is 65.2 Å². The minimum atomic E-state index is -0.574. The lowest BCUT2D eigenvalue weighted by Crippen LogP contribution is -2.52. The number of imide groups is 1. The second-order valence-electron chi connectivity index (χ2n) is 12.5. The fourth-order valence-corrected chi connectivity index (χ4v) is 6.95. The highest BCUT2D eigenvalue weighted by Gasteiger charge is 2.39. The van der Waals surface area contributed by atoms with Crippen LogP contribution in [0.4, 0.5) is 0 Å². The number of nitrogens with one attached hydrogen (secondary N) is 1. The van der Waals surface area contributed by atoms with Gasteiger partial charge in [-0.15, -0.1) is 0 Å². The van der Waals surface area contributed by atoms with Crippen molar-refractivity contribution in [2.75, 3.05) is 0 Å². The number of hydrogen-bond acceptors (Lipinski definition) is 6. The molecular weight excluding hydrogens is 530 g/mol. The van der Waals surface area contributed by atoms with Gasteiger partial charge in [0, 0.05) is 54.8 Å². The van der Waals surface area contributed by atoms with Crippen molar-refractivity contribution in [3.63, 3.8) is 0 Å². The number of aryl methyl sites for hydroxylation is 2. The SMILES string of the molecule is Cn1ncc2cnc(-c3cn(C4CC(CCc5ccc6c(c5)CN(C5CCC(=O)NC5=O)C6=O)C4)nc3C3CC3)cc21. The fraction of sp³-hybridized carbons (Fsp3) is 0.438. The Kier molecular flexibility index (Phi) is 5.80. The molecule has 1 N–H and O–H groups in total. The fourth-order valence-electron chi connectivity index (χ4n) is 6.95. The lowest BCUT2D eigenvalue weighted by Gasteiger charge is -2.35. The number of pyridine rings is 1. The van der Waals surface area contributed by atoms with Crippen LogP contribution in [0.15, 0.2) is 42.9 Å². The highest BCUT2D eigenvalue weighted by Crippen LogP contribution is 2.46. The van der Waals surface area contributed by atoms with Gasteiger partial charge in [-0.25, -0.2) is 0 Å². The van der Waals surface area contributed by atoms with E-state index in [0.717, 1.165) is 53.4 Å². The predicted molar refractivity (Wildman–Crippen MR) is 154 cm³/mol. The Balaban J connectivity index is 0.910. The summed E-state index contributed by atoms with van der Waals surface area (Å²) in [5.41, 5.74) is 7.27. The average Bonchev–Trinajstić information content (AvgIpc) is 3.49. The van der Waals surface area contributed by atoms with Gasteiger partial charge < -0.3 is 4.90 Å². The number of carbonyl (C=O) groups is 3. The first kappa shape index (κ1) is 25.4. The third-order valence-corrected chi connectivity index (χ3v) is 9.65. The van der Waals surface area contributed by atoms with Crippen LogP contribution < -0.4 is 5.32 Å². The van der Waals surface area contributed by atoms with E-state index in [-0.39, 0.29) is 24.1 Å². The number of amides is 3. The molecular formula is C32H33N7O3. The molecule has 8 rings (SSSR count). The average molecular weight is 564 g/mol. The molecule has 2 aliphatic carbocycles. The molecule has 2 saturated carbocycles. The van der Waals surface area contributed by atoms with E-state index in [1.54, 1.807) is 4.90 Å². The molecule has 3 amide bonds. The van der Waals surface area contributed by atoms with Gasteiger partial charge in [-0.3, -0.25) is 34.0 Å². The zero-order chi connectivity index (χ0) is 28.5. The van der Waals surface area contributed by atoms with Crippen molar-refractivity contribution >= 4 is 28.6 Å². The first-order valence-electron chi connectivity index (χ1n) is 15.0. The summed E-state index contributed by atoms with van der Waals surface area (Å²) < 4.78 is 4.09. The molecule has 0 spiro atoms. The van der Waals surface area contributed by atoms with Crippen molar-refractivity contribution in [3.8, 4) is 11.3 Å². The van der Waals surface area contributed by atoms with Crippen LogP contribution in [-0.2, 0) is 29.6 Å². The van der Waals surface area contributed by atoms with Gasteiger partial charge in [-0.05, 0) is 74.1 Å². The largest absolute Gasteiger partial charge is 0.322 e. The summed E-state index contributed by atoms with van der Waals surface area (Å²) in [6, 6.07) is 8.06. The summed E-state index contributed by atoms with van der Waals surface area (Å²) >= 11 is 0. The molecule has 42 heavy (non-hydrogen) atoms. The van der Waals surface area contributed by atoms with Crippen LogP contribution in [0.3, 0.4) is 0 Å². The molecule has 10 heteroatoms. The summed E-state index contributed by atoms with van der Waals surface area (Å²) in [4.78, 5) is 43.2. The van der Waals surface area contributed by atoms with Crippen LogP contribution >= 0.6 is 0 Å². The van der Waals surface area contributed by atoms with Gasteiger partial charge in [0.1, 0.15) is 6.04 Å². The first-order valence-corrected chi connectivity index (χ1v) is 15.0. The van der Waals surface area contributed by atoms with Crippen LogP contribution in [0.2, 0.25) is 0 Å². The molecule has 4 aromatic rings. The monoisotopic (exact) mass is 563 g/mol. The van der Waals surface area contributed by atoms with Crippen molar-refractivity contribution in [1.29, 1.82) is 0 Å². The topological polar surface area (TPSA) is 115 Å². The Labute approximate surface area is 243 Å². The van der Waals surface area contributed by atoms with Crippen LogP contribution in [0.5, 0.6) is 0 Å². The molecule has 1 aromatic carbocycles. The van der Waals surface area contributed by atoms with Gasteiger partial charge in [-0.1, -0.05) is 12.1 Å². The lowest BCUT2D eigenvalue weighted by atomic mass is 9.77. The highest BCUT2D eigenvalue weighted by atomic mass is 16.2. The number of piperidine rings is 1. The summed E-state index contributed by atoms with van der Waals surface area (Å²) in [6.07, 6.45) is 13.3. The maximum absolute atomic E-state index is 13.0. The van der Waals surface area contributed by atoms with E-state index in [1.165, 1.54) is 24.1 Å². The highest BCUT2D eigenvalue weighted by molar-refractivity contribution is 6.05. The van der Waals surface area contributed by atoms with Crippen LogP contribution in [-0.4, -0.2) is 53.2 Å². The smallest absolute Gasteiger partial charge is 0.255 e. The Hall–Kier alpha value is -4.34. The molecule has 214 valence electrons. The van der Waals surface area contributed by atoms with Crippen LogP contribution in [0.1, 0.15) is 84.1 Å². The molecule has 3 aromatic heterocycles. The molecule has 4 aliphatic rings. The van der Waals surface area contributed by atoms with E-state index in [1.807, 2.05) is 30.2 Å². The number of hydrogen-bond donors (Lipinski definition) is 1. The van der Waals surface area contributed by atoms with Gasteiger partial charge >= 0.3 is 0 Å². The molecule has 3 fully saturated rings. The Bertz CT molecular complexity index is 1760. The summed E-state index contributed by atoms with van der Waals surface area (Å²) in [6.45, 7) is 0.424. The van der Waals surface area contributed by atoms with Gasteiger partial charge in [0.2, 0.25) is 11.8 Å². The minimum Gasteiger partial charge on any atom is -0.322 e. The minimum absolute atomic E-state index is 0.118. The molecule has 1 atom stereocenters. The number of rotatable bonds is 7. The van der Waals surface area contributed by atoms with Crippen LogP contribution in [0.25, 0.3) is 22.2 Å². The zero-order valence-electron chi connectivity index (χ0n) is 23.6. The molecule has 2 aliphatic heterocycles. The van der Waals surface area contributed by atoms with E-state index in [9.17, 15) is 14.4 Å². The van der Waals surface area contributed by atoms with Gasteiger partial charge in [0.25, 0.3) is 5.91 Å². The predicted octanol–water partition coefficient (Wildman–Crippen LogP) is 4.05. The van der Waals surface area contributed by atoms with Gasteiger partial charge in [-0.2, -0.15) is 10.2 Å². The van der Waals surface area contributed by atoms with Crippen molar-refractivity contribution in [2.24, 2.45) is 13.0 Å². The van der Waals surface area contributed by atoms with Crippen molar-refractivity contribution in [2.45, 2.75) is 75.9 Å². The molecule has 10 nitrogen and oxygen atoms in total. The molecule has 1 unspecified atom stereocenters. The maximum Gasteiger partial charge on any atom is 0.255 e. The molecule has 0 radical (unpaired) electrons. The summed E-state index contributed by atoms with van der Waals surface area (Å²) in [5, 5.41) is 12.9. The quantitative estimate of drug-likeness (QED) is 0.339. The number of aromatic nitrogens is 5. The normalized spacial score (nSPS) is 23.8. The lowest BCUT2D eigenvalue weighted by molar-refractivity contribution is -0.136.